The first kappa shape index (κ1) is 21.8. The highest BCUT2D eigenvalue weighted by atomic mass is 32.2. The molecule has 4 bridgehead atoms. The fourth-order valence-corrected chi connectivity index (χ4v) is 7.80. The Morgan fingerprint density at radius 3 is 2.19 bits per heavy atom. The summed E-state index contributed by atoms with van der Waals surface area (Å²) in [6.45, 7) is 2.40. The van der Waals surface area contributed by atoms with Crippen LogP contribution in [0.4, 0.5) is 4.39 Å². The molecular weight excluding hydrogens is 435 g/mol. The lowest BCUT2D eigenvalue weighted by Crippen LogP contribution is -2.49. The normalized spacial score (nSPS) is 31.2. The topological polar surface area (TPSA) is 92.8 Å². The first-order chi connectivity index (χ1) is 15.1. The lowest BCUT2D eigenvalue weighted by molar-refractivity contribution is -0.0746. The lowest BCUT2D eigenvalue weighted by Gasteiger charge is -2.56. The van der Waals surface area contributed by atoms with Gasteiger partial charge in [0, 0.05) is 24.6 Å². The summed E-state index contributed by atoms with van der Waals surface area (Å²) >= 11 is 0. The van der Waals surface area contributed by atoms with Crippen molar-refractivity contribution in [2.75, 3.05) is 19.7 Å². The predicted molar refractivity (Wildman–Crippen MR) is 115 cm³/mol. The molecule has 1 aromatic rings. The van der Waals surface area contributed by atoms with Gasteiger partial charge in [-0.25, -0.2) is 9.11 Å². The molecule has 1 aromatic carbocycles. The van der Waals surface area contributed by atoms with E-state index in [-0.39, 0.29) is 22.5 Å². The van der Waals surface area contributed by atoms with Crippen molar-refractivity contribution in [3.05, 3.63) is 29.1 Å². The Balaban J connectivity index is 1.35. The number of nitrogens with one attached hydrogen (secondary N) is 1. The van der Waals surface area contributed by atoms with Crippen LogP contribution >= 0.6 is 0 Å². The maximum Gasteiger partial charge on any atom is 0.304 e. The zero-order valence-electron chi connectivity index (χ0n) is 18.2. The molecule has 1 amide bonds. The summed E-state index contributed by atoms with van der Waals surface area (Å²) in [6, 6.07) is 2.15. The minimum atomic E-state index is -4.02. The van der Waals surface area contributed by atoms with Crippen LogP contribution < -0.4 is 9.46 Å². The number of halogens is 1. The van der Waals surface area contributed by atoms with Crippen LogP contribution in [-0.4, -0.2) is 44.1 Å². The average Bonchev–Trinajstić information content (AvgIpc) is 2.62. The van der Waals surface area contributed by atoms with Crippen LogP contribution in [0.15, 0.2) is 12.1 Å². The van der Waals surface area contributed by atoms with E-state index in [9.17, 15) is 22.4 Å². The molecule has 9 heteroatoms. The Bertz CT molecular complexity index is 1030. The maximum atomic E-state index is 14.8. The van der Waals surface area contributed by atoms with Crippen LogP contribution in [0, 0.1) is 29.0 Å². The van der Waals surface area contributed by atoms with Gasteiger partial charge in [-0.3, -0.25) is 9.59 Å². The fourth-order valence-electron chi connectivity index (χ4n) is 6.59. The number of ether oxygens (including phenoxy) is 1. The molecule has 32 heavy (non-hydrogen) atoms. The van der Waals surface area contributed by atoms with E-state index in [4.69, 9.17) is 4.74 Å². The van der Waals surface area contributed by atoms with E-state index in [0.717, 1.165) is 53.5 Å². The molecule has 1 heterocycles. The van der Waals surface area contributed by atoms with Crippen molar-refractivity contribution in [3.63, 3.8) is 0 Å². The molecule has 4 aliphatic carbocycles. The minimum Gasteiger partial charge on any atom is -0.492 e. The second-order valence-corrected chi connectivity index (χ2v) is 12.0. The van der Waals surface area contributed by atoms with Crippen LogP contribution in [-0.2, 0) is 10.2 Å². The zero-order valence-corrected chi connectivity index (χ0v) is 19.0. The van der Waals surface area contributed by atoms with Crippen molar-refractivity contribution in [1.82, 2.24) is 9.03 Å². The first-order valence-corrected chi connectivity index (χ1v) is 12.9. The molecule has 6 rings (SSSR count). The number of Topliss-reactive ketones (excluding diaryl/α,β-unsaturated/α-hetero) is 1. The molecular formula is C23H29FN2O5S. The molecule has 5 fully saturated rings. The molecule has 5 aliphatic rings. The van der Waals surface area contributed by atoms with Crippen molar-refractivity contribution in [1.29, 1.82) is 0 Å². The van der Waals surface area contributed by atoms with Crippen LogP contribution in [0.25, 0.3) is 0 Å². The van der Waals surface area contributed by atoms with Gasteiger partial charge in [-0.1, -0.05) is 0 Å². The van der Waals surface area contributed by atoms with Gasteiger partial charge in [-0.15, -0.1) is 0 Å². The zero-order chi connectivity index (χ0) is 22.7. The molecule has 0 unspecified atom stereocenters. The Labute approximate surface area is 187 Å². The van der Waals surface area contributed by atoms with E-state index in [2.05, 4.69) is 0 Å². The Morgan fingerprint density at radius 1 is 1.09 bits per heavy atom. The van der Waals surface area contributed by atoms with E-state index in [1.165, 1.54) is 26.2 Å². The lowest BCUT2D eigenvalue weighted by atomic mass is 9.50. The number of amides is 1. The van der Waals surface area contributed by atoms with Gasteiger partial charge in [0.1, 0.15) is 11.6 Å². The summed E-state index contributed by atoms with van der Waals surface area (Å²) in [6.07, 6.45) is 7.97. The highest BCUT2D eigenvalue weighted by molar-refractivity contribution is 7.87. The molecule has 1 aliphatic heterocycles. The van der Waals surface area contributed by atoms with Gasteiger partial charge in [0.15, 0.2) is 5.78 Å². The standard InChI is InChI=1S/C23H29FN2O5S/c1-14(27)18-8-19(22(28)25-32(29,30)26-3-2-4-26)20(24)9-21(18)31-13-23-10-15-5-16(11-23)7-17(6-15)12-23/h8-9,15-17H,2-7,10-13H2,1H3,(H,25,28). The molecule has 174 valence electrons. The Hall–Kier alpha value is -2.00. The van der Waals surface area contributed by atoms with Crippen molar-refractivity contribution in [2.45, 2.75) is 51.9 Å². The monoisotopic (exact) mass is 464 g/mol. The van der Waals surface area contributed by atoms with Crippen molar-refractivity contribution >= 4 is 21.9 Å². The molecule has 0 aromatic heterocycles. The summed E-state index contributed by atoms with van der Waals surface area (Å²) in [5.41, 5.74) is -0.315. The quantitative estimate of drug-likeness (QED) is 0.625. The third-order valence-corrected chi connectivity index (χ3v) is 9.26. The SMILES string of the molecule is CC(=O)c1cc(C(=O)NS(=O)(=O)N2CCC2)c(F)cc1OCC12CC3CC(CC(C3)C1)C2. The number of rotatable bonds is 7. The highest BCUT2D eigenvalue weighted by Gasteiger charge is 2.51. The van der Waals surface area contributed by atoms with Gasteiger partial charge in [-0.05, 0) is 75.7 Å². The number of benzene rings is 1. The third-order valence-electron chi connectivity index (χ3n) is 7.77. The fraction of sp³-hybridized carbons (Fsp3) is 0.652. The number of hydrogen-bond acceptors (Lipinski definition) is 5. The average molecular weight is 465 g/mol. The number of carbonyl (C=O) groups is 2. The number of ketones is 1. The molecule has 1 saturated heterocycles. The maximum absolute atomic E-state index is 14.8. The second-order valence-electron chi connectivity index (χ2n) is 10.3. The summed E-state index contributed by atoms with van der Waals surface area (Å²) < 4.78 is 48.2. The minimum absolute atomic E-state index is 0.0840. The smallest absolute Gasteiger partial charge is 0.304 e. The van der Waals surface area contributed by atoms with E-state index in [0.29, 0.717) is 26.1 Å². The van der Waals surface area contributed by atoms with Gasteiger partial charge < -0.3 is 4.74 Å². The Kier molecular flexibility index (Phi) is 5.32. The van der Waals surface area contributed by atoms with Crippen LogP contribution in [0.5, 0.6) is 5.75 Å². The van der Waals surface area contributed by atoms with E-state index < -0.39 is 27.5 Å². The van der Waals surface area contributed by atoms with Gasteiger partial charge in [-0.2, -0.15) is 12.7 Å². The molecule has 1 N–H and O–H groups in total. The summed E-state index contributed by atoms with van der Waals surface area (Å²) in [4.78, 5) is 24.8. The van der Waals surface area contributed by atoms with Crippen molar-refractivity contribution in [3.8, 4) is 5.75 Å². The second kappa shape index (κ2) is 7.80. The summed E-state index contributed by atoms with van der Waals surface area (Å²) in [5.74, 6) is -0.0238. The number of nitrogens with zero attached hydrogens (tertiary/aromatic N) is 1. The van der Waals surface area contributed by atoms with Gasteiger partial charge in [0.2, 0.25) is 0 Å². The summed E-state index contributed by atoms with van der Waals surface area (Å²) in [7, 11) is -4.02. The molecule has 7 nitrogen and oxygen atoms in total. The van der Waals surface area contributed by atoms with Crippen LogP contribution in [0.2, 0.25) is 0 Å². The van der Waals surface area contributed by atoms with E-state index in [1.54, 1.807) is 0 Å². The van der Waals surface area contributed by atoms with Gasteiger partial charge in [0.05, 0.1) is 17.7 Å². The van der Waals surface area contributed by atoms with Crippen molar-refractivity contribution < 1.29 is 27.1 Å². The number of carbonyl (C=O) groups excluding carboxylic acids is 2. The first-order valence-electron chi connectivity index (χ1n) is 11.4. The predicted octanol–water partition coefficient (Wildman–Crippen LogP) is 3.30. The largest absolute Gasteiger partial charge is 0.492 e. The molecule has 4 saturated carbocycles. The Morgan fingerprint density at radius 2 is 1.69 bits per heavy atom. The van der Waals surface area contributed by atoms with E-state index in [1.807, 2.05) is 4.72 Å². The van der Waals surface area contributed by atoms with Gasteiger partial charge in [0.25, 0.3) is 5.91 Å². The van der Waals surface area contributed by atoms with E-state index >= 15 is 0 Å². The summed E-state index contributed by atoms with van der Waals surface area (Å²) in [5, 5.41) is 0. The van der Waals surface area contributed by atoms with Crippen molar-refractivity contribution in [2.24, 2.45) is 23.2 Å². The molecule has 0 atom stereocenters. The molecule has 0 spiro atoms. The molecule has 0 radical (unpaired) electrons. The van der Waals surface area contributed by atoms with Gasteiger partial charge >= 0.3 is 10.2 Å². The van der Waals surface area contributed by atoms with Crippen LogP contribution in [0.1, 0.15) is 72.6 Å². The number of hydrogen-bond donors (Lipinski definition) is 1. The van der Waals surface area contributed by atoms with Crippen LogP contribution in [0.3, 0.4) is 0 Å². The third kappa shape index (κ3) is 3.94. The highest BCUT2D eigenvalue weighted by Crippen LogP contribution is 2.60.